The lowest BCUT2D eigenvalue weighted by atomic mass is 9.78. The fraction of sp³-hybridized carbons (Fsp3) is 0.333. The summed E-state index contributed by atoms with van der Waals surface area (Å²) >= 11 is 0. The summed E-state index contributed by atoms with van der Waals surface area (Å²) in [5, 5.41) is 0. The van der Waals surface area contributed by atoms with Gasteiger partial charge in [-0.25, -0.2) is 13.2 Å². The average Bonchev–Trinajstić information content (AvgIpc) is 2.87. The Morgan fingerprint density at radius 2 is 1.54 bits per heavy atom. The third-order valence-electron chi connectivity index (χ3n) is 6.68. The molecule has 0 unspecified atom stereocenters. The molecule has 2 nitrogen and oxygen atoms in total. The number of rotatable bonds is 8. The SMILES string of the molecule is C/C=C/C1CCC(c2ccc(COc3ccc(-c4ccc(OCC)c(F)c4)cc3)c(F)c2F)CC1. The molecule has 0 heterocycles. The van der Waals surface area contributed by atoms with Crippen LogP contribution in [0, 0.1) is 23.4 Å². The molecule has 1 fully saturated rings. The van der Waals surface area contributed by atoms with E-state index in [4.69, 9.17) is 9.47 Å². The summed E-state index contributed by atoms with van der Waals surface area (Å²) in [5.74, 6) is -0.675. The van der Waals surface area contributed by atoms with E-state index in [0.29, 0.717) is 29.4 Å². The molecular weight excluding hydrogens is 449 g/mol. The first kappa shape index (κ1) is 24.9. The first-order chi connectivity index (χ1) is 17.0. The third kappa shape index (κ3) is 5.90. The molecule has 3 aromatic rings. The minimum atomic E-state index is -0.834. The van der Waals surface area contributed by atoms with E-state index in [0.717, 1.165) is 31.2 Å². The van der Waals surface area contributed by atoms with E-state index in [1.54, 1.807) is 55.5 Å². The van der Waals surface area contributed by atoms with Crippen LogP contribution in [0.1, 0.15) is 56.6 Å². The molecule has 0 bridgehead atoms. The monoisotopic (exact) mass is 480 g/mol. The van der Waals surface area contributed by atoms with Crippen LogP contribution in [-0.4, -0.2) is 6.61 Å². The van der Waals surface area contributed by atoms with Crippen molar-refractivity contribution in [2.75, 3.05) is 6.61 Å². The fourth-order valence-electron chi connectivity index (χ4n) is 4.78. The van der Waals surface area contributed by atoms with Crippen LogP contribution in [0.4, 0.5) is 13.2 Å². The summed E-state index contributed by atoms with van der Waals surface area (Å²) in [5.41, 5.74) is 2.18. The van der Waals surface area contributed by atoms with E-state index in [2.05, 4.69) is 12.2 Å². The smallest absolute Gasteiger partial charge is 0.165 e. The molecule has 0 N–H and O–H groups in total. The number of benzene rings is 3. The molecule has 0 radical (unpaired) electrons. The minimum Gasteiger partial charge on any atom is -0.491 e. The van der Waals surface area contributed by atoms with E-state index in [1.165, 1.54) is 6.07 Å². The van der Waals surface area contributed by atoms with Crippen LogP contribution in [-0.2, 0) is 6.61 Å². The molecule has 0 amide bonds. The van der Waals surface area contributed by atoms with Crippen molar-refractivity contribution in [3.63, 3.8) is 0 Å². The Morgan fingerprint density at radius 1 is 0.829 bits per heavy atom. The molecule has 0 aliphatic heterocycles. The lowest BCUT2D eigenvalue weighted by Crippen LogP contribution is -2.14. The maximum absolute atomic E-state index is 14.9. The Hall–Kier alpha value is -3.21. The summed E-state index contributed by atoms with van der Waals surface area (Å²) in [6.45, 7) is 4.14. The molecular formula is C30H31F3O2. The van der Waals surface area contributed by atoms with Crippen molar-refractivity contribution in [1.29, 1.82) is 0 Å². The van der Waals surface area contributed by atoms with Crippen molar-refractivity contribution in [2.45, 2.75) is 52.1 Å². The van der Waals surface area contributed by atoms with Crippen molar-refractivity contribution < 1.29 is 22.6 Å². The van der Waals surface area contributed by atoms with E-state index >= 15 is 0 Å². The Morgan fingerprint density at radius 3 is 2.20 bits per heavy atom. The predicted octanol–water partition coefficient (Wildman–Crippen LogP) is 8.60. The van der Waals surface area contributed by atoms with Gasteiger partial charge in [-0.2, -0.15) is 0 Å². The number of hydrogen-bond donors (Lipinski definition) is 0. The van der Waals surface area contributed by atoms with Crippen LogP contribution in [0.5, 0.6) is 11.5 Å². The first-order valence-electron chi connectivity index (χ1n) is 12.2. The maximum atomic E-state index is 14.9. The molecule has 184 valence electrons. The Labute approximate surface area is 205 Å². The Bertz CT molecular complexity index is 1160. The number of halogens is 3. The maximum Gasteiger partial charge on any atom is 0.165 e. The molecule has 0 saturated heterocycles. The summed E-state index contributed by atoms with van der Waals surface area (Å²) < 4.78 is 54.8. The van der Waals surface area contributed by atoms with Crippen molar-refractivity contribution in [2.24, 2.45) is 5.92 Å². The zero-order valence-corrected chi connectivity index (χ0v) is 20.2. The second kappa shape index (κ2) is 11.5. The zero-order valence-electron chi connectivity index (χ0n) is 20.2. The lowest BCUT2D eigenvalue weighted by Gasteiger charge is -2.27. The average molecular weight is 481 g/mol. The largest absolute Gasteiger partial charge is 0.491 e. The molecule has 1 aliphatic carbocycles. The molecule has 0 aromatic heterocycles. The van der Waals surface area contributed by atoms with Crippen LogP contribution < -0.4 is 9.47 Å². The van der Waals surface area contributed by atoms with E-state index in [9.17, 15) is 13.2 Å². The fourth-order valence-corrected chi connectivity index (χ4v) is 4.78. The standard InChI is InChI=1S/C30H31F3O2/c1-3-5-20-6-8-22(9-7-20)26-16-12-24(29(32)30(26)33)19-35-25-14-10-21(11-15-25)23-13-17-28(34-4-2)27(31)18-23/h3,5,10-18,20,22H,4,6-9,19H2,1-2H3/b5-3+. The van der Waals surface area contributed by atoms with Crippen LogP contribution >= 0.6 is 0 Å². The van der Waals surface area contributed by atoms with Gasteiger partial charge >= 0.3 is 0 Å². The van der Waals surface area contributed by atoms with Gasteiger partial charge in [-0.1, -0.05) is 42.5 Å². The summed E-state index contributed by atoms with van der Waals surface area (Å²) in [7, 11) is 0. The second-order valence-corrected chi connectivity index (χ2v) is 8.97. The second-order valence-electron chi connectivity index (χ2n) is 8.97. The van der Waals surface area contributed by atoms with Gasteiger partial charge < -0.3 is 9.47 Å². The molecule has 0 atom stereocenters. The van der Waals surface area contributed by atoms with Gasteiger partial charge in [0.2, 0.25) is 0 Å². The van der Waals surface area contributed by atoms with Gasteiger partial charge in [-0.3, -0.25) is 0 Å². The van der Waals surface area contributed by atoms with Crippen molar-refractivity contribution >= 4 is 0 Å². The highest BCUT2D eigenvalue weighted by Crippen LogP contribution is 2.38. The zero-order chi connectivity index (χ0) is 24.8. The van der Waals surface area contributed by atoms with E-state index in [1.807, 2.05) is 6.92 Å². The Balaban J connectivity index is 1.39. The lowest BCUT2D eigenvalue weighted by molar-refractivity contribution is 0.296. The van der Waals surface area contributed by atoms with Gasteiger partial charge in [0.25, 0.3) is 0 Å². The van der Waals surface area contributed by atoms with Gasteiger partial charge in [-0.15, -0.1) is 0 Å². The number of ether oxygens (including phenoxy) is 2. The summed E-state index contributed by atoms with van der Waals surface area (Å²) in [4.78, 5) is 0. The van der Waals surface area contributed by atoms with E-state index in [-0.39, 0.29) is 23.8 Å². The highest BCUT2D eigenvalue weighted by Gasteiger charge is 2.25. The van der Waals surface area contributed by atoms with Crippen molar-refractivity contribution in [1.82, 2.24) is 0 Å². The van der Waals surface area contributed by atoms with Gasteiger partial charge in [0, 0.05) is 5.56 Å². The van der Waals surface area contributed by atoms with Crippen LogP contribution in [0.15, 0.2) is 66.7 Å². The minimum absolute atomic E-state index is 0.0564. The van der Waals surface area contributed by atoms with Gasteiger partial charge in [-0.05, 0) is 92.3 Å². The highest BCUT2D eigenvalue weighted by molar-refractivity contribution is 5.65. The highest BCUT2D eigenvalue weighted by atomic mass is 19.2. The molecule has 4 rings (SSSR count). The van der Waals surface area contributed by atoms with Gasteiger partial charge in [0.05, 0.1) is 6.61 Å². The molecule has 1 saturated carbocycles. The van der Waals surface area contributed by atoms with Crippen molar-refractivity contribution in [3.05, 3.63) is 95.3 Å². The number of allylic oxidation sites excluding steroid dienone is 2. The topological polar surface area (TPSA) is 18.5 Å². The third-order valence-corrected chi connectivity index (χ3v) is 6.68. The molecule has 5 heteroatoms. The molecule has 1 aliphatic rings. The van der Waals surface area contributed by atoms with Crippen LogP contribution in [0.3, 0.4) is 0 Å². The van der Waals surface area contributed by atoms with Crippen molar-refractivity contribution in [3.8, 4) is 22.6 Å². The predicted molar refractivity (Wildman–Crippen MR) is 133 cm³/mol. The molecule has 3 aromatic carbocycles. The van der Waals surface area contributed by atoms with Crippen LogP contribution in [0.25, 0.3) is 11.1 Å². The summed E-state index contributed by atoms with van der Waals surface area (Å²) in [6, 6.07) is 15.2. The Kier molecular flexibility index (Phi) is 8.17. The van der Waals surface area contributed by atoms with Gasteiger partial charge in [0.1, 0.15) is 12.4 Å². The van der Waals surface area contributed by atoms with E-state index < -0.39 is 17.5 Å². The van der Waals surface area contributed by atoms with Gasteiger partial charge in [0.15, 0.2) is 23.2 Å². The quantitative estimate of drug-likeness (QED) is 0.301. The van der Waals surface area contributed by atoms with Crippen LogP contribution in [0.2, 0.25) is 0 Å². The normalized spacial score (nSPS) is 18.1. The molecule has 0 spiro atoms. The first-order valence-corrected chi connectivity index (χ1v) is 12.2. The summed E-state index contributed by atoms with van der Waals surface area (Å²) in [6.07, 6.45) is 8.00. The number of hydrogen-bond acceptors (Lipinski definition) is 2. The molecule has 35 heavy (non-hydrogen) atoms.